The zero-order valence-electron chi connectivity index (χ0n) is 9.73. The van der Waals surface area contributed by atoms with Gasteiger partial charge < -0.3 is 5.11 Å². The predicted molar refractivity (Wildman–Crippen MR) is 78.9 cm³/mol. The van der Waals surface area contributed by atoms with Crippen molar-refractivity contribution >= 4 is 22.6 Å². The van der Waals surface area contributed by atoms with Crippen molar-refractivity contribution in [2.75, 3.05) is 0 Å². The minimum absolute atomic E-state index is 0.664. The largest absolute Gasteiger partial charge is 0.380 e. The number of aliphatic hydroxyl groups is 1. The van der Waals surface area contributed by atoms with Crippen LogP contribution in [0.3, 0.4) is 0 Å². The normalized spacial score (nSPS) is 14.3. The summed E-state index contributed by atoms with van der Waals surface area (Å²) in [7, 11) is 0. The molecule has 0 bridgehead atoms. The van der Waals surface area contributed by atoms with Crippen LogP contribution in [0.2, 0.25) is 0 Å². The van der Waals surface area contributed by atoms with Gasteiger partial charge in [-0.15, -0.1) is 0 Å². The average Bonchev–Trinajstić information content (AvgIpc) is 2.39. The van der Waals surface area contributed by atoms with Crippen molar-refractivity contribution in [1.29, 1.82) is 0 Å². The molecule has 1 unspecified atom stereocenters. The highest BCUT2D eigenvalue weighted by Crippen LogP contribution is 2.33. The van der Waals surface area contributed by atoms with E-state index in [1.807, 2.05) is 61.5 Å². The van der Waals surface area contributed by atoms with E-state index in [0.29, 0.717) is 6.42 Å². The van der Waals surface area contributed by atoms with Gasteiger partial charge in [0.25, 0.3) is 0 Å². The van der Waals surface area contributed by atoms with Gasteiger partial charge in [-0.1, -0.05) is 49.4 Å². The highest BCUT2D eigenvalue weighted by atomic mass is 127. The lowest BCUT2D eigenvalue weighted by atomic mass is 9.84. The summed E-state index contributed by atoms with van der Waals surface area (Å²) in [5.41, 5.74) is 1.02. The number of halogens is 1. The Kier molecular flexibility index (Phi) is 3.84. The topological polar surface area (TPSA) is 20.2 Å². The third kappa shape index (κ3) is 2.53. The van der Waals surface area contributed by atoms with E-state index in [2.05, 4.69) is 22.6 Å². The van der Waals surface area contributed by atoms with Crippen LogP contribution in [0.5, 0.6) is 0 Å². The van der Waals surface area contributed by atoms with Crippen LogP contribution in [0.1, 0.15) is 24.5 Å². The van der Waals surface area contributed by atoms with Gasteiger partial charge in [-0.3, -0.25) is 0 Å². The van der Waals surface area contributed by atoms with Crippen molar-refractivity contribution in [3.05, 3.63) is 69.3 Å². The summed E-state index contributed by atoms with van der Waals surface area (Å²) in [5.74, 6) is 0. The Balaban J connectivity index is 2.52. The van der Waals surface area contributed by atoms with Crippen molar-refractivity contribution < 1.29 is 5.11 Å². The van der Waals surface area contributed by atoms with E-state index < -0.39 is 5.60 Å². The lowest BCUT2D eigenvalue weighted by Gasteiger charge is -2.28. The third-order valence-corrected chi connectivity index (χ3v) is 3.74. The molecule has 0 radical (unpaired) electrons. The van der Waals surface area contributed by atoms with Crippen LogP contribution in [-0.4, -0.2) is 5.11 Å². The highest BCUT2D eigenvalue weighted by Gasteiger charge is 2.29. The molecule has 0 spiro atoms. The Morgan fingerprint density at radius 3 is 2.24 bits per heavy atom. The second-order valence-electron chi connectivity index (χ2n) is 4.09. The van der Waals surface area contributed by atoms with E-state index in [-0.39, 0.29) is 0 Å². The van der Waals surface area contributed by atoms with Gasteiger partial charge in [-0.05, 0) is 52.3 Å². The van der Waals surface area contributed by atoms with Crippen LogP contribution >= 0.6 is 22.6 Å². The summed E-state index contributed by atoms with van der Waals surface area (Å²) in [4.78, 5) is 0. The van der Waals surface area contributed by atoms with Gasteiger partial charge in [0.2, 0.25) is 0 Å². The van der Waals surface area contributed by atoms with E-state index in [1.54, 1.807) is 0 Å². The summed E-state index contributed by atoms with van der Waals surface area (Å²) in [5, 5.41) is 10.9. The average molecular weight is 338 g/mol. The maximum Gasteiger partial charge on any atom is 0.114 e. The minimum atomic E-state index is -0.886. The summed E-state index contributed by atoms with van der Waals surface area (Å²) >= 11 is 2.27. The lowest BCUT2D eigenvalue weighted by molar-refractivity contribution is 0.0765. The van der Waals surface area contributed by atoms with Crippen molar-refractivity contribution in [2.45, 2.75) is 18.9 Å². The highest BCUT2D eigenvalue weighted by molar-refractivity contribution is 14.1. The molecule has 1 atom stereocenters. The molecule has 1 N–H and O–H groups in total. The molecular weight excluding hydrogens is 323 g/mol. The van der Waals surface area contributed by atoms with E-state index in [0.717, 1.165) is 14.7 Å². The van der Waals surface area contributed by atoms with Crippen molar-refractivity contribution in [3.63, 3.8) is 0 Å². The van der Waals surface area contributed by atoms with Gasteiger partial charge in [0.15, 0.2) is 0 Å². The summed E-state index contributed by atoms with van der Waals surface area (Å²) in [6.45, 7) is 2.01. The summed E-state index contributed by atoms with van der Waals surface area (Å²) in [6.07, 6.45) is 0.664. The zero-order valence-corrected chi connectivity index (χ0v) is 11.9. The quantitative estimate of drug-likeness (QED) is 0.841. The van der Waals surface area contributed by atoms with E-state index >= 15 is 0 Å². The van der Waals surface area contributed by atoms with Gasteiger partial charge in [-0.2, -0.15) is 0 Å². The molecule has 0 aromatic heterocycles. The summed E-state index contributed by atoms with van der Waals surface area (Å²) < 4.78 is 1.14. The van der Waals surface area contributed by atoms with Crippen molar-refractivity contribution in [1.82, 2.24) is 0 Å². The molecule has 0 aliphatic rings. The maximum atomic E-state index is 10.9. The number of benzene rings is 2. The Labute approximate surface area is 116 Å². The smallest absolute Gasteiger partial charge is 0.114 e. The van der Waals surface area contributed by atoms with Crippen LogP contribution in [0.25, 0.3) is 0 Å². The molecule has 2 aromatic rings. The van der Waals surface area contributed by atoms with E-state index in [1.165, 1.54) is 0 Å². The van der Waals surface area contributed by atoms with E-state index in [9.17, 15) is 5.11 Å². The Hall–Kier alpha value is -0.870. The Morgan fingerprint density at radius 1 is 1.00 bits per heavy atom. The molecule has 17 heavy (non-hydrogen) atoms. The molecule has 0 saturated carbocycles. The lowest BCUT2D eigenvalue weighted by Crippen LogP contribution is -2.26. The van der Waals surface area contributed by atoms with Gasteiger partial charge in [0.05, 0.1) is 0 Å². The molecule has 2 rings (SSSR count). The molecule has 88 valence electrons. The standard InChI is InChI=1S/C15H15IO/c1-2-15(17,12-7-4-3-5-8-12)13-9-6-10-14(16)11-13/h3-11,17H,2H2,1H3. The molecular formula is C15H15IO. The molecule has 0 aliphatic carbocycles. The fourth-order valence-electron chi connectivity index (χ4n) is 2.03. The monoisotopic (exact) mass is 338 g/mol. The van der Waals surface area contributed by atoms with Gasteiger partial charge in [0, 0.05) is 3.57 Å². The van der Waals surface area contributed by atoms with Crippen LogP contribution in [0.4, 0.5) is 0 Å². The first-order chi connectivity index (χ1) is 8.16. The van der Waals surface area contributed by atoms with Crippen molar-refractivity contribution in [2.24, 2.45) is 0 Å². The second-order valence-corrected chi connectivity index (χ2v) is 5.34. The predicted octanol–water partition coefficient (Wildman–Crippen LogP) is 3.94. The fourth-order valence-corrected chi connectivity index (χ4v) is 2.58. The van der Waals surface area contributed by atoms with E-state index in [4.69, 9.17) is 0 Å². The molecule has 0 amide bonds. The SMILES string of the molecule is CCC(O)(c1ccccc1)c1cccc(I)c1. The minimum Gasteiger partial charge on any atom is -0.380 e. The van der Waals surface area contributed by atoms with Gasteiger partial charge in [-0.25, -0.2) is 0 Å². The van der Waals surface area contributed by atoms with Gasteiger partial charge >= 0.3 is 0 Å². The van der Waals surface area contributed by atoms with Crippen LogP contribution in [0, 0.1) is 3.57 Å². The van der Waals surface area contributed by atoms with Crippen LogP contribution in [0.15, 0.2) is 54.6 Å². The molecule has 2 aromatic carbocycles. The van der Waals surface area contributed by atoms with Crippen LogP contribution < -0.4 is 0 Å². The third-order valence-electron chi connectivity index (χ3n) is 3.07. The number of hydrogen-bond donors (Lipinski definition) is 1. The first kappa shape index (κ1) is 12.6. The first-order valence-electron chi connectivity index (χ1n) is 5.71. The van der Waals surface area contributed by atoms with Gasteiger partial charge in [0.1, 0.15) is 5.60 Å². The molecule has 0 saturated heterocycles. The van der Waals surface area contributed by atoms with Crippen LogP contribution in [-0.2, 0) is 5.60 Å². The Bertz CT molecular complexity index is 495. The molecule has 0 aliphatic heterocycles. The first-order valence-corrected chi connectivity index (χ1v) is 6.78. The fraction of sp³-hybridized carbons (Fsp3) is 0.200. The Morgan fingerprint density at radius 2 is 1.65 bits per heavy atom. The number of rotatable bonds is 3. The second kappa shape index (κ2) is 5.19. The van der Waals surface area contributed by atoms with Crippen molar-refractivity contribution in [3.8, 4) is 0 Å². The summed E-state index contributed by atoms with van der Waals surface area (Å²) in [6, 6.07) is 17.9. The molecule has 2 heteroatoms. The molecule has 1 nitrogen and oxygen atoms in total. The molecule has 0 heterocycles. The number of hydrogen-bond acceptors (Lipinski definition) is 1. The molecule has 0 fully saturated rings. The maximum absolute atomic E-state index is 10.9. The zero-order chi connectivity index (χ0) is 12.3.